The van der Waals surface area contributed by atoms with Crippen LogP contribution >= 0.6 is 0 Å². The molecule has 2 nitrogen and oxygen atoms in total. The molecule has 0 aliphatic carbocycles. The van der Waals surface area contributed by atoms with E-state index in [2.05, 4.69) is 48.2 Å². The van der Waals surface area contributed by atoms with Gasteiger partial charge in [0.15, 0.2) is 0 Å². The molecule has 2 heteroatoms. The topological polar surface area (TPSA) is 12.5 Å². The summed E-state index contributed by atoms with van der Waals surface area (Å²) in [4.78, 5) is 2.45. The van der Waals surface area contributed by atoms with Gasteiger partial charge in [0.2, 0.25) is 0 Å². The van der Waals surface area contributed by atoms with Crippen molar-refractivity contribution in [3.8, 4) is 0 Å². The van der Waals surface area contributed by atoms with Crippen molar-refractivity contribution in [3.63, 3.8) is 0 Å². The van der Waals surface area contributed by atoms with Crippen molar-refractivity contribution in [1.82, 2.24) is 0 Å². The molecule has 1 saturated heterocycles. The van der Waals surface area contributed by atoms with Crippen molar-refractivity contribution in [2.24, 2.45) is 0 Å². The van der Waals surface area contributed by atoms with E-state index in [9.17, 15) is 0 Å². The SMILES string of the molecule is CCCCc1ccc(N2CCOCC2)c2ccccc12. The minimum atomic E-state index is 0.839. The van der Waals surface area contributed by atoms with Crippen LogP contribution in [0.2, 0.25) is 0 Å². The average Bonchev–Trinajstić information content (AvgIpc) is 2.53. The van der Waals surface area contributed by atoms with Gasteiger partial charge in [0.25, 0.3) is 0 Å². The molecule has 0 unspecified atom stereocenters. The molecule has 106 valence electrons. The predicted octanol–water partition coefficient (Wildman–Crippen LogP) is 4.02. The van der Waals surface area contributed by atoms with Gasteiger partial charge in [-0.25, -0.2) is 0 Å². The minimum absolute atomic E-state index is 0.839. The Morgan fingerprint density at radius 2 is 1.75 bits per heavy atom. The van der Waals surface area contributed by atoms with Gasteiger partial charge in [-0.1, -0.05) is 43.7 Å². The standard InChI is InChI=1S/C18H23NO/c1-2-3-6-15-9-10-18(19-11-13-20-14-12-19)17-8-5-4-7-16(15)17/h4-5,7-10H,2-3,6,11-14H2,1H3. The lowest BCUT2D eigenvalue weighted by atomic mass is 9.98. The van der Waals surface area contributed by atoms with Crippen molar-refractivity contribution in [2.75, 3.05) is 31.2 Å². The number of rotatable bonds is 4. The van der Waals surface area contributed by atoms with Crippen LogP contribution in [-0.4, -0.2) is 26.3 Å². The van der Waals surface area contributed by atoms with Gasteiger partial charge in [0, 0.05) is 24.2 Å². The Morgan fingerprint density at radius 1 is 1.00 bits per heavy atom. The van der Waals surface area contributed by atoms with E-state index >= 15 is 0 Å². The Morgan fingerprint density at radius 3 is 2.50 bits per heavy atom. The quantitative estimate of drug-likeness (QED) is 0.831. The number of benzene rings is 2. The highest BCUT2D eigenvalue weighted by atomic mass is 16.5. The highest BCUT2D eigenvalue weighted by molar-refractivity contribution is 5.96. The fourth-order valence-corrected chi connectivity index (χ4v) is 3.01. The van der Waals surface area contributed by atoms with Crippen LogP contribution in [0.15, 0.2) is 36.4 Å². The second-order valence-corrected chi connectivity index (χ2v) is 5.49. The first kappa shape index (κ1) is 13.4. The number of unbranched alkanes of at least 4 members (excludes halogenated alkanes) is 1. The highest BCUT2D eigenvalue weighted by Crippen LogP contribution is 2.30. The van der Waals surface area contributed by atoms with E-state index in [0.717, 1.165) is 26.3 Å². The zero-order valence-electron chi connectivity index (χ0n) is 12.3. The number of hydrogen-bond donors (Lipinski definition) is 0. The van der Waals surface area contributed by atoms with E-state index in [0.29, 0.717) is 0 Å². The van der Waals surface area contributed by atoms with Gasteiger partial charge >= 0.3 is 0 Å². The van der Waals surface area contributed by atoms with Gasteiger partial charge in [-0.05, 0) is 29.9 Å². The predicted molar refractivity (Wildman–Crippen MR) is 85.6 cm³/mol. The molecule has 1 heterocycles. The van der Waals surface area contributed by atoms with Crippen molar-refractivity contribution in [2.45, 2.75) is 26.2 Å². The third-order valence-electron chi connectivity index (χ3n) is 4.14. The Kier molecular flexibility index (Phi) is 4.22. The second-order valence-electron chi connectivity index (χ2n) is 5.49. The van der Waals surface area contributed by atoms with Crippen molar-refractivity contribution < 1.29 is 4.74 Å². The summed E-state index contributed by atoms with van der Waals surface area (Å²) in [6, 6.07) is 13.5. The number of nitrogens with zero attached hydrogens (tertiary/aromatic N) is 1. The minimum Gasteiger partial charge on any atom is -0.378 e. The van der Waals surface area contributed by atoms with Gasteiger partial charge < -0.3 is 9.64 Å². The van der Waals surface area contributed by atoms with E-state index in [1.165, 1.54) is 41.3 Å². The lowest BCUT2D eigenvalue weighted by Crippen LogP contribution is -2.36. The van der Waals surface area contributed by atoms with Crippen molar-refractivity contribution in [3.05, 3.63) is 42.0 Å². The summed E-state index contributed by atoms with van der Waals surface area (Å²) in [6.07, 6.45) is 3.70. The molecule has 0 atom stereocenters. The molecule has 0 amide bonds. The number of ether oxygens (including phenoxy) is 1. The van der Waals surface area contributed by atoms with Crippen LogP contribution < -0.4 is 4.90 Å². The summed E-state index contributed by atoms with van der Waals surface area (Å²) in [5, 5.41) is 2.81. The lowest BCUT2D eigenvalue weighted by molar-refractivity contribution is 0.123. The highest BCUT2D eigenvalue weighted by Gasteiger charge is 2.14. The molecule has 0 radical (unpaired) electrons. The van der Waals surface area contributed by atoms with E-state index in [1.54, 1.807) is 0 Å². The largest absolute Gasteiger partial charge is 0.378 e. The Labute approximate surface area is 121 Å². The van der Waals surface area contributed by atoms with E-state index in [1.807, 2.05) is 0 Å². The monoisotopic (exact) mass is 269 g/mol. The van der Waals surface area contributed by atoms with E-state index in [-0.39, 0.29) is 0 Å². The number of morpholine rings is 1. The molecular weight excluding hydrogens is 246 g/mol. The van der Waals surface area contributed by atoms with Crippen LogP contribution in [0.5, 0.6) is 0 Å². The van der Waals surface area contributed by atoms with Crippen LogP contribution in [-0.2, 0) is 11.2 Å². The molecule has 1 fully saturated rings. The molecule has 0 N–H and O–H groups in total. The molecule has 0 aromatic heterocycles. The average molecular weight is 269 g/mol. The van der Waals surface area contributed by atoms with Gasteiger partial charge in [-0.15, -0.1) is 0 Å². The maximum Gasteiger partial charge on any atom is 0.0642 e. The number of anilines is 1. The normalized spacial score (nSPS) is 15.8. The first-order valence-corrected chi connectivity index (χ1v) is 7.73. The summed E-state index contributed by atoms with van der Waals surface area (Å²) in [5.41, 5.74) is 2.85. The van der Waals surface area contributed by atoms with Crippen LogP contribution in [0.4, 0.5) is 5.69 Å². The molecule has 0 spiro atoms. The van der Waals surface area contributed by atoms with E-state index < -0.39 is 0 Å². The van der Waals surface area contributed by atoms with Crippen LogP contribution in [0.1, 0.15) is 25.3 Å². The molecule has 0 saturated carbocycles. The molecular formula is C18H23NO. The van der Waals surface area contributed by atoms with Crippen molar-refractivity contribution >= 4 is 16.5 Å². The number of aryl methyl sites for hydroxylation is 1. The third-order valence-corrected chi connectivity index (χ3v) is 4.14. The smallest absolute Gasteiger partial charge is 0.0642 e. The molecule has 3 rings (SSSR count). The molecule has 2 aromatic rings. The Hall–Kier alpha value is -1.54. The molecule has 0 bridgehead atoms. The second kappa shape index (κ2) is 6.27. The fraction of sp³-hybridized carbons (Fsp3) is 0.444. The summed E-state index contributed by atoms with van der Waals surface area (Å²) >= 11 is 0. The first-order chi connectivity index (χ1) is 9.90. The zero-order valence-corrected chi connectivity index (χ0v) is 12.3. The molecule has 20 heavy (non-hydrogen) atoms. The Balaban J connectivity index is 2.01. The number of fused-ring (bicyclic) bond motifs is 1. The molecule has 1 aliphatic rings. The number of hydrogen-bond acceptors (Lipinski definition) is 2. The summed E-state index contributed by atoms with van der Waals surface area (Å²) in [6.45, 7) is 5.93. The van der Waals surface area contributed by atoms with Gasteiger partial charge in [0.05, 0.1) is 13.2 Å². The van der Waals surface area contributed by atoms with Crippen LogP contribution in [0.25, 0.3) is 10.8 Å². The fourth-order valence-electron chi connectivity index (χ4n) is 3.01. The van der Waals surface area contributed by atoms with Crippen molar-refractivity contribution in [1.29, 1.82) is 0 Å². The molecule has 2 aromatic carbocycles. The molecule has 1 aliphatic heterocycles. The maximum atomic E-state index is 5.47. The van der Waals surface area contributed by atoms with Gasteiger partial charge in [-0.3, -0.25) is 0 Å². The van der Waals surface area contributed by atoms with Crippen LogP contribution in [0, 0.1) is 0 Å². The lowest BCUT2D eigenvalue weighted by Gasteiger charge is -2.30. The van der Waals surface area contributed by atoms with Crippen LogP contribution in [0.3, 0.4) is 0 Å². The van der Waals surface area contributed by atoms with Gasteiger partial charge in [0.1, 0.15) is 0 Å². The Bertz CT molecular complexity index is 573. The maximum absolute atomic E-state index is 5.47. The third kappa shape index (κ3) is 2.66. The summed E-state index contributed by atoms with van der Waals surface area (Å²) in [5.74, 6) is 0. The summed E-state index contributed by atoms with van der Waals surface area (Å²) < 4.78 is 5.47. The van der Waals surface area contributed by atoms with Gasteiger partial charge in [-0.2, -0.15) is 0 Å². The van der Waals surface area contributed by atoms with E-state index in [4.69, 9.17) is 4.74 Å². The zero-order chi connectivity index (χ0) is 13.8. The first-order valence-electron chi connectivity index (χ1n) is 7.73. The summed E-state index contributed by atoms with van der Waals surface area (Å²) in [7, 11) is 0.